The second-order valence-electron chi connectivity index (χ2n) is 6.60. The molecule has 6 nitrogen and oxygen atoms in total. The van der Waals surface area contributed by atoms with Crippen LogP contribution in [0.15, 0.2) is 78.9 Å². The smallest absolute Gasteiger partial charge is 0.274 e. The van der Waals surface area contributed by atoms with Gasteiger partial charge in [-0.2, -0.15) is 0 Å². The molecule has 1 heterocycles. The summed E-state index contributed by atoms with van der Waals surface area (Å²) in [5.74, 6) is -0.343. The molecule has 0 saturated heterocycles. The Labute approximate surface area is 179 Å². The van der Waals surface area contributed by atoms with E-state index < -0.39 is 4.92 Å². The van der Waals surface area contributed by atoms with E-state index in [4.69, 9.17) is 0 Å². The van der Waals surface area contributed by atoms with E-state index in [9.17, 15) is 14.9 Å². The van der Waals surface area contributed by atoms with Gasteiger partial charge in [0.05, 0.1) is 32.9 Å². The number of halogens is 1. The van der Waals surface area contributed by atoms with Crippen LogP contribution in [-0.2, 0) is 0 Å². The molecule has 7 heteroatoms. The molecule has 0 aliphatic carbocycles. The number of amides is 1. The number of carbonyl (C=O) groups is 1. The summed E-state index contributed by atoms with van der Waals surface area (Å²) in [6, 6.07) is 23.4. The van der Waals surface area contributed by atoms with Gasteiger partial charge in [0, 0.05) is 17.0 Å². The van der Waals surface area contributed by atoms with Gasteiger partial charge in [0.2, 0.25) is 0 Å². The van der Waals surface area contributed by atoms with Crippen LogP contribution in [0, 0.1) is 17.0 Å². The van der Waals surface area contributed by atoms with Gasteiger partial charge in [-0.1, -0.05) is 54.6 Å². The van der Waals surface area contributed by atoms with Gasteiger partial charge in [-0.25, -0.2) is 4.98 Å². The van der Waals surface area contributed by atoms with Crippen LogP contribution in [0.3, 0.4) is 0 Å². The highest BCUT2D eigenvalue weighted by Crippen LogP contribution is 2.28. The molecule has 4 rings (SSSR count). The number of benzene rings is 3. The molecule has 0 unspecified atom stereocenters. The van der Waals surface area contributed by atoms with E-state index in [0.29, 0.717) is 33.4 Å². The van der Waals surface area contributed by atoms with E-state index in [0.717, 1.165) is 5.56 Å². The maximum Gasteiger partial charge on any atom is 0.274 e. The number of carbonyl (C=O) groups excluding carboxylic acids is 1. The highest BCUT2D eigenvalue weighted by Gasteiger charge is 2.18. The minimum atomic E-state index is -0.458. The molecule has 30 heavy (non-hydrogen) atoms. The summed E-state index contributed by atoms with van der Waals surface area (Å²) in [4.78, 5) is 28.6. The van der Waals surface area contributed by atoms with E-state index in [1.165, 1.54) is 6.07 Å². The Kier molecular flexibility index (Phi) is 6.09. The number of nitro benzene ring substituents is 1. The summed E-state index contributed by atoms with van der Waals surface area (Å²) < 4.78 is 0. The molecule has 1 aromatic heterocycles. The van der Waals surface area contributed by atoms with Crippen LogP contribution in [0.4, 0.5) is 11.4 Å². The minimum absolute atomic E-state index is 0. The number of nitro groups is 1. The van der Waals surface area contributed by atoms with E-state index in [1.807, 2.05) is 54.6 Å². The van der Waals surface area contributed by atoms with Crippen LogP contribution in [-0.4, -0.2) is 15.8 Å². The zero-order chi connectivity index (χ0) is 20.4. The number of hydrogen-bond acceptors (Lipinski definition) is 4. The molecule has 0 radical (unpaired) electrons. The number of nitrogens with one attached hydrogen (secondary N) is 1. The average Bonchev–Trinajstić information content (AvgIpc) is 2.74. The number of pyridine rings is 1. The van der Waals surface area contributed by atoms with Crippen molar-refractivity contribution in [1.82, 2.24) is 4.98 Å². The Morgan fingerprint density at radius 2 is 1.67 bits per heavy atom. The Hall–Kier alpha value is -3.77. The maximum absolute atomic E-state index is 13.1. The van der Waals surface area contributed by atoms with Crippen molar-refractivity contribution in [2.24, 2.45) is 0 Å². The van der Waals surface area contributed by atoms with Crippen molar-refractivity contribution >= 4 is 40.6 Å². The summed E-state index contributed by atoms with van der Waals surface area (Å²) in [6.07, 6.45) is 0. The van der Waals surface area contributed by atoms with Crippen LogP contribution in [0.25, 0.3) is 22.2 Å². The molecular weight excluding hydrogens is 402 g/mol. The lowest BCUT2D eigenvalue weighted by molar-refractivity contribution is -0.385. The number of nitrogens with zero attached hydrogens (tertiary/aromatic N) is 2. The quantitative estimate of drug-likeness (QED) is 0.335. The van der Waals surface area contributed by atoms with Crippen molar-refractivity contribution in [2.75, 3.05) is 5.32 Å². The fraction of sp³-hybridized carbons (Fsp3) is 0.0435. The number of rotatable bonds is 4. The van der Waals surface area contributed by atoms with Crippen molar-refractivity contribution < 1.29 is 9.72 Å². The van der Waals surface area contributed by atoms with E-state index in [2.05, 4.69) is 10.3 Å². The van der Waals surface area contributed by atoms with Gasteiger partial charge in [0.15, 0.2) is 0 Å². The van der Waals surface area contributed by atoms with Crippen molar-refractivity contribution in [2.45, 2.75) is 6.92 Å². The molecule has 150 valence electrons. The lowest BCUT2D eigenvalue weighted by Gasteiger charge is -2.12. The second-order valence-corrected chi connectivity index (χ2v) is 6.60. The van der Waals surface area contributed by atoms with Crippen molar-refractivity contribution in [1.29, 1.82) is 0 Å². The number of hydrogen-bond donors (Lipinski definition) is 1. The standard InChI is InChI=1S/C23H17N3O3.ClH/c1-15-19(12-7-13-22(15)26(28)29)25-23(27)18-14-21(16-8-3-2-4-9-16)24-20-11-6-5-10-17(18)20;/h2-14H,1H3,(H,25,27);1H. The summed E-state index contributed by atoms with van der Waals surface area (Å²) in [7, 11) is 0. The first kappa shape index (κ1) is 21.0. The highest BCUT2D eigenvalue weighted by molar-refractivity contribution is 6.13. The van der Waals surface area contributed by atoms with Crippen LogP contribution < -0.4 is 5.32 Å². The van der Waals surface area contributed by atoms with Crippen LogP contribution in [0.2, 0.25) is 0 Å². The maximum atomic E-state index is 13.1. The lowest BCUT2D eigenvalue weighted by Crippen LogP contribution is -2.14. The molecule has 1 N–H and O–H groups in total. The lowest BCUT2D eigenvalue weighted by atomic mass is 10.0. The Morgan fingerprint density at radius 3 is 2.40 bits per heavy atom. The average molecular weight is 420 g/mol. The van der Waals surface area contributed by atoms with Gasteiger partial charge in [0.1, 0.15) is 0 Å². The third kappa shape index (κ3) is 3.99. The normalized spacial score (nSPS) is 10.3. The molecule has 3 aromatic carbocycles. The molecule has 0 aliphatic rings. The number of para-hydroxylation sites is 1. The summed E-state index contributed by atoms with van der Waals surface area (Å²) in [5, 5.41) is 14.7. The largest absolute Gasteiger partial charge is 0.321 e. The van der Waals surface area contributed by atoms with Gasteiger partial charge < -0.3 is 5.32 Å². The molecule has 0 saturated carbocycles. The number of anilines is 1. The molecular formula is C23H18ClN3O3. The van der Waals surface area contributed by atoms with Gasteiger partial charge >= 0.3 is 0 Å². The Balaban J connectivity index is 0.00000256. The van der Waals surface area contributed by atoms with Crippen molar-refractivity contribution in [3.63, 3.8) is 0 Å². The van der Waals surface area contributed by atoms with Crippen LogP contribution in [0.5, 0.6) is 0 Å². The first-order chi connectivity index (χ1) is 14.0. The topological polar surface area (TPSA) is 85.1 Å². The number of aromatic nitrogens is 1. The second kappa shape index (κ2) is 8.71. The van der Waals surface area contributed by atoms with E-state index in [1.54, 1.807) is 25.1 Å². The minimum Gasteiger partial charge on any atom is -0.321 e. The summed E-state index contributed by atoms with van der Waals surface area (Å²) in [5.41, 5.74) is 3.53. The Bertz CT molecular complexity index is 1240. The molecule has 4 aromatic rings. The fourth-order valence-electron chi connectivity index (χ4n) is 3.27. The molecule has 0 spiro atoms. The number of fused-ring (bicyclic) bond motifs is 1. The first-order valence-electron chi connectivity index (χ1n) is 9.05. The molecule has 0 fully saturated rings. The molecule has 0 atom stereocenters. The molecule has 1 amide bonds. The van der Waals surface area contributed by atoms with Gasteiger partial charge in [-0.15, -0.1) is 12.4 Å². The zero-order valence-electron chi connectivity index (χ0n) is 16.0. The predicted molar refractivity (Wildman–Crippen MR) is 120 cm³/mol. The molecule has 0 bridgehead atoms. The third-order valence-corrected chi connectivity index (χ3v) is 4.78. The van der Waals surface area contributed by atoms with Crippen molar-refractivity contribution in [3.8, 4) is 11.3 Å². The molecule has 0 aliphatic heterocycles. The summed E-state index contributed by atoms with van der Waals surface area (Å²) >= 11 is 0. The SMILES string of the molecule is Cc1c(NC(=O)c2cc(-c3ccccc3)nc3ccccc23)cccc1[N+](=O)[O-].Cl. The van der Waals surface area contributed by atoms with Gasteiger partial charge in [-0.3, -0.25) is 14.9 Å². The zero-order valence-corrected chi connectivity index (χ0v) is 16.8. The van der Waals surface area contributed by atoms with Crippen LogP contribution >= 0.6 is 12.4 Å². The third-order valence-electron chi connectivity index (χ3n) is 4.78. The highest BCUT2D eigenvalue weighted by atomic mass is 35.5. The fourth-order valence-corrected chi connectivity index (χ4v) is 3.27. The van der Waals surface area contributed by atoms with Gasteiger partial charge in [-0.05, 0) is 25.1 Å². The van der Waals surface area contributed by atoms with Crippen LogP contribution in [0.1, 0.15) is 15.9 Å². The van der Waals surface area contributed by atoms with Gasteiger partial charge in [0.25, 0.3) is 11.6 Å². The van der Waals surface area contributed by atoms with E-state index in [-0.39, 0.29) is 24.0 Å². The van der Waals surface area contributed by atoms with E-state index >= 15 is 0 Å². The summed E-state index contributed by atoms with van der Waals surface area (Å²) in [6.45, 7) is 1.62. The monoisotopic (exact) mass is 419 g/mol. The predicted octanol–water partition coefficient (Wildman–Crippen LogP) is 5.79. The van der Waals surface area contributed by atoms with Crippen molar-refractivity contribution in [3.05, 3.63) is 100 Å². The Morgan fingerprint density at radius 1 is 0.967 bits per heavy atom. The first-order valence-corrected chi connectivity index (χ1v) is 9.05.